The molecule has 0 fully saturated rings. The molecule has 32 heavy (non-hydrogen) atoms. The summed E-state index contributed by atoms with van der Waals surface area (Å²) in [7, 11) is 0. The van der Waals surface area contributed by atoms with E-state index in [2.05, 4.69) is 26.0 Å². The van der Waals surface area contributed by atoms with E-state index in [-0.39, 0.29) is 30.8 Å². The minimum atomic E-state index is -4.60. The highest BCUT2D eigenvalue weighted by Gasteiger charge is 2.34. The quantitative estimate of drug-likeness (QED) is 0.573. The van der Waals surface area contributed by atoms with Gasteiger partial charge in [-0.3, -0.25) is 4.79 Å². The van der Waals surface area contributed by atoms with Crippen LogP contribution in [0, 0.1) is 20.8 Å². The summed E-state index contributed by atoms with van der Waals surface area (Å²) < 4.78 is 51.9. The van der Waals surface area contributed by atoms with E-state index in [0.717, 1.165) is 28.3 Å². The average Bonchev–Trinajstić information content (AvgIpc) is 2.73. The van der Waals surface area contributed by atoms with Crippen molar-refractivity contribution in [2.45, 2.75) is 46.2 Å². The predicted molar refractivity (Wildman–Crippen MR) is 116 cm³/mol. The molecule has 1 N–H and O–H groups in total. The molecule has 3 rings (SSSR count). The van der Waals surface area contributed by atoms with Crippen LogP contribution in [0.5, 0.6) is 5.75 Å². The molecule has 2 aromatic carbocycles. The second kappa shape index (κ2) is 9.77. The number of hydrogen-bond acceptors (Lipinski definition) is 3. The normalized spacial score (nSPS) is 14.6. The van der Waals surface area contributed by atoms with Crippen LogP contribution in [-0.2, 0) is 22.1 Å². The zero-order valence-corrected chi connectivity index (χ0v) is 18.4. The van der Waals surface area contributed by atoms with Crippen LogP contribution in [0.4, 0.5) is 13.2 Å². The molecule has 1 heterocycles. The third-order valence-corrected chi connectivity index (χ3v) is 5.77. The lowest BCUT2D eigenvalue weighted by molar-refractivity contribution is -0.140. The van der Waals surface area contributed by atoms with Gasteiger partial charge in [0, 0.05) is 6.42 Å². The molecule has 0 saturated carbocycles. The van der Waals surface area contributed by atoms with E-state index < -0.39 is 17.7 Å². The van der Waals surface area contributed by atoms with Crippen LogP contribution in [0.3, 0.4) is 0 Å². The Kier molecular flexibility index (Phi) is 7.29. The van der Waals surface area contributed by atoms with Crippen LogP contribution >= 0.6 is 0 Å². The predicted octanol–water partition coefficient (Wildman–Crippen LogP) is 5.90. The van der Waals surface area contributed by atoms with Gasteiger partial charge < -0.3 is 14.6 Å². The lowest BCUT2D eigenvalue weighted by atomic mass is 9.90. The third-order valence-electron chi connectivity index (χ3n) is 5.77. The van der Waals surface area contributed by atoms with E-state index in [1.165, 1.54) is 23.3 Å². The van der Waals surface area contributed by atoms with Crippen molar-refractivity contribution in [2.24, 2.45) is 0 Å². The number of hydrogen-bond donors (Lipinski definition) is 1. The highest BCUT2D eigenvalue weighted by atomic mass is 19.4. The summed E-state index contributed by atoms with van der Waals surface area (Å²) in [4.78, 5) is 10.8. The van der Waals surface area contributed by atoms with Gasteiger partial charge in [-0.1, -0.05) is 18.2 Å². The number of halogens is 3. The molecule has 0 spiro atoms. The molecule has 4 nitrogen and oxygen atoms in total. The molecule has 0 aromatic heterocycles. The molecule has 1 aliphatic rings. The number of rotatable bonds is 7. The molecule has 172 valence electrons. The third kappa shape index (κ3) is 5.71. The molecule has 0 amide bonds. The molecule has 0 atom stereocenters. The number of carboxylic acid groups (broad SMARTS) is 1. The maximum atomic E-state index is 13.5. The number of carbonyl (C=O) groups is 1. The Labute approximate surface area is 185 Å². The van der Waals surface area contributed by atoms with Crippen molar-refractivity contribution in [3.8, 4) is 5.75 Å². The minimum absolute atomic E-state index is 0.0566. The van der Waals surface area contributed by atoms with Gasteiger partial charge in [-0.15, -0.1) is 0 Å². The number of benzene rings is 2. The van der Waals surface area contributed by atoms with Gasteiger partial charge in [-0.05, 0) is 84.7 Å². The average molecular weight is 448 g/mol. The standard InChI is InChI=1S/C25H27F3O4/c1-15-10-17(3)22(11-16(15)2)21-8-9-31-13-19(21)14-32-20-6-4-18(5-7-24(29)30)23(12-20)25(26,27)28/h4,6,10-12H,5,7-9,13-14H2,1-3H3,(H,29,30). The summed E-state index contributed by atoms with van der Waals surface area (Å²) in [6.07, 6.45) is -4.45. The van der Waals surface area contributed by atoms with Gasteiger partial charge in [0.05, 0.1) is 18.8 Å². The molecule has 0 saturated heterocycles. The van der Waals surface area contributed by atoms with Crippen molar-refractivity contribution in [1.29, 1.82) is 0 Å². The Hall–Kier alpha value is -2.80. The second-order valence-corrected chi connectivity index (χ2v) is 8.14. The summed E-state index contributed by atoms with van der Waals surface area (Å²) in [5, 5.41) is 8.80. The van der Waals surface area contributed by atoms with Gasteiger partial charge in [0.1, 0.15) is 12.4 Å². The van der Waals surface area contributed by atoms with Crippen LogP contribution in [-0.4, -0.2) is 30.9 Å². The second-order valence-electron chi connectivity index (χ2n) is 8.14. The van der Waals surface area contributed by atoms with Crippen molar-refractivity contribution >= 4 is 11.5 Å². The van der Waals surface area contributed by atoms with Gasteiger partial charge in [0.15, 0.2) is 0 Å². The molecular formula is C25H27F3O4. The van der Waals surface area contributed by atoms with Crippen LogP contribution in [0.25, 0.3) is 5.57 Å². The van der Waals surface area contributed by atoms with Crippen LogP contribution < -0.4 is 4.74 Å². The van der Waals surface area contributed by atoms with Crippen LogP contribution in [0.2, 0.25) is 0 Å². The van der Waals surface area contributed by atoms with Crippen LogP contribution in [0.15, 0.2) is 35.9 Å². The molecule has 0 bridgehead atoms. The van der Waals surface area contributed by atoms with Crippen molar-refractivity contribution < 1.29 is 32.5 Å². The molecule has 2 aromatic rings. The van der Waals surface area contributed by atoms with E-state index in [4.69, 9.17) is 14.6 Å². The largest absolute Gasteiger partial charge is 0.489 e. The zero-order chi connectivity index (χ0) is 23.5. The topological polar surface area (TPSA) is 55.8 Å². The fourth-order valence-electron chi connectivity index (χ4n) is 3.91. The van der Waals surface area contributed by atoms with Crippen LogP contribution in [0.1, 0.15) is 46.2 Å². The van der Waals surface area contributed by atoms with Crippen molar-refractivity contribution in [2.75, 3.05) is 19.8 Å². The Morgan fingerprint density at radius 3 is 2.50 bits per heavy atom. The first-order valence-corrected chi connectivity index (χ1v) is 10.5. The van der Waals surface area contributed by atoms with Crippen molar-refractivity contribution in [3.63, 3.8) is 0 Å². The Morgan fingerprint density at radius 2 is 1.81 bits per heavy atom. The van der Waals surface area contributed by atoms with E-state index in [9.17, 15) is 18.0 Å². The maximum absolute atomic E-state index is 13.5. The first-order chi connectivity index (χ1) is 15.1. The van der Waals surface area contributed by atoms with Gasteiger partial charge in [-0.25, -0.2) is 0 Å². The summed E-state index contributed by atoms with van der Waals surface area (Å²) in [5.41, 5.74) is 5.75. The molecule has 0 aliphatic carbocycles. The lowest BCUT2D eigenvalue weighted by Crippen LogP contribution is -2.17. The number of alkyl halides is 3. The summed E-state index contributed by atoms with van der Waals surface area (Å²) >= 11 is 0. The number of ether oxygens (including phenoxy) is 2. The first-order valence-electron chi connectivity index (χ1n) is 10.5. The van der Waals surface area contributed by atoms with E-state index in [0.29, 0.717) is 19.6 Å². The van der Waals surface area contributed by atoms with Crippen molar-refractivity contribution in [3.05, 3.63) is 69.3 Å². The molecule has 0 radical (unpaired) electrons. The molecule has 1 aliphatic heterocycles. The highest BCUT2D eigenvalue weighted by Crippen LogP contribution is 2.36. The fraction of sp³-hybridized carbons (Fsp3) is 0.400. The van der Waals surface area contributed by atoms with Crippen molar-refractivity contribution in [1.82, 2.24) is 0 Å². The van der Waals surface area contributed by atoms with E-state index in [1.54, 1.807) is 0 Å². The van der Waals surface area contributed by atoms with Gasteiger partial charge >= 0.3 is 12.1 Å². The number of aryl methyl sites for hydroxylation is 4. The smallest absolute Gasteiger partial charge is 0.416 e. The summed E-state index contributed by atoms with van der Waals surface area (Å²) in [6, 6.07) is 7.97. The molecule has 0 unspecified atom stereocenters. The summed E-state index contributed by atoms with van der Waals surface area (Å²) in [5.74, 6) is -1.05. The Bertz CT molecular complexity index is 1040. The van der Waals surface area contributed by atoms with Gasteiger partial charge in [0.2, 0.25) is 0 Å². The summed E-state index contributed by atoms with van der Waals surface area (Å²) in [6.45, 7) is 7.24. The number of carboxylic acids is 1. The maximum Gasteiger partial charge on any atom is 0.416 e. The number of aliphatic carboxylic acids is 1. The SMILES string of the molecule is Cc1cc(C)c(C2=C(COc3ccc(CCC(=O)O)c(C(F)(F)F)c3)COCC2)cc1C. The molecule has 7 heteroatoms. The first kappa shape index (κ1) is 23.9. The van der Waals surface area contributed by atoms with E-state index >= 15 is 0 Å². The Balaban J connectivity index is 1.87. The zero-order valence-electron chi connectivity index (χ0n) is 18.4. The highest BCUT2D eigenvalue weighted by molar-refractivity contribution is 5.73. The lowest BCUT2D eigenvalue weighted by Gasteiger charge is -2.24. The van der Waals surface area contributed by atoms with Gasteiger partial charge in [-0.2, -0.15) is 13.2 Å². The van der Waals surface area contributed by atoms with E-state index in [1.807, 2.05) is 6.92 Å². The minimum Gasteiger partial charge on any atom is -0.489 e. The monoisotopic (exact) mass is 448 g/mol. The van der Waals surface area contributed by atoms with Gasteiger partial charge in [0.25, 0.3) is 0 Å². The fourth-order valence-corrected chi connectivity index (χ4v) is 3.91. The molecular weight excluding hydrogens is 421 g/mol. The Morgan fingerprint density at radius 1 is 1.09 bits per heavy atom.